The number of aliphatic hydroxyl groups is 1. The maximum Gasteiger partial charge on any atom is 0.407 e. The molecule has 3 heterocycles. The molecule has 2 aliphatic rings. The Morgan fingerprint density at radius 3 is 2.26 bits per heavy atom. The van der Waals surface area contributed by atoms with E-state index in [9.17, 15) is 33.8 Å². The minimum Gasteiger partial charge on any atom is -0.465 e. The second kappa shape index (κ2) is 11.4. The molecule has 0 aliphatic carbocycles. The number of nitrogens with one attached hydrogen (secondary N) is 1. The molecule has 204 valence electrons. The Morgan fingerprint density at radius 1 is 1.03 bits per heavy atom. The van der Waals surface area contributed by atoms with Gasteiger partial charge in [0.1, 0.15) is 17.6 Å². The van der Waals surface area contributed by atoms with Crippen LogP contribution in [0.2, 0.25) is 0 Å². The zero-order valence-corrected chi connectivity index (χ0v) is 21.3. The van der Waals surface area contributed by atoms with Crippen molar-refractivity contribution in [3.8, 4) is 11.4 Å². The molecule has 2 aromatic rings. The van der Waals surface area contributed by atoms with Crippen molar-refractivity contribution in [2.45, 2.75) is 18.6 Å². The van der Waals surface area contributed by atoms with Gasteiger partial charge in [-0.3, -0.25) is 14.2 Å². The van der Waals surface area contributed by atoms with E-state index in [1.165, 1.54) is 11.0 Å². The molecule has 3 amide bonds. The maximum absolute atomic E-state index is 13.3. The van der Waals surface area contributed by atoms with Crippen molar-refractivity contribution in [3.05, 3.63) is 42.1 Å². The van der Waals surface area contributed by atoms with Crippen LogP contribution in [0.25, 0.3) is 11.4 Å². The van der Waals surface area contributed by atoms with E-state index in [2.05, 4.69) is 15.3 Å². The summed E-state index contributed by atoms with van der Waals surface area (Å²) in [6, 6.07) is 8.74. The number of piperazine rings is 1. The van der Waals surface area contributed by atoms with Crippen molar-refractivity contribution >= 4 is 31.3 Å². The zero-order valence-electron chi connectivity index (χ0n) is 20.4. The number of hydrogen-bond acceptors (Lipinski definition) is 8. The summed E-state index contributed by atoms with van der Waals surface area (Å²) in [4.78, 5) is 69.9. The number of carbonyl (C=O) groups excluding carboxylic acids is 2. The van der Waals surface area contributed by atoms with Gasteiger partial charge in [-0.1, -0.05) is 30.3 Å². The number of aliphatic hydroxyl groups excluding tert-OH is 1. The summed E-state index contributed by atoms with van der Waals surface area (Å²) in [5.41, 5.74) is 0.511. The Hall–Kier alpha value is -3.58. The van der Waals surface area contributed by atoms with Crippen molar-refractivity contribution < 1.29 is 38.9 Å². The number of rotatable bonds is 7. The van der Waals surface area contributed by atoms with E-state index >= 15 is 0 Å². The molecule has 2 saturated heterocycles. The van der Waals surface area contributed by atoms with Crippen molar-refractivity contribution in [1.82, 2.24) is 25.1 Å². The normalized spacial score (nSPS) is 18.8. The van der Waals surface area contributed by atoms with Gasteiger partial charge >= 0.3 is 13.7 Å². The summed E-state index contributed by atoms with van der Waals surface area (Å²) in [7, 11) is -4.73. The molecule has 0 saturated carbocycles. The minimum atomic E-state index is -4.73. The Kier molecular flexibility index (Phi) is 8.26. The molecule has 15 heteroatoms. The van der Waals surface area contributed by atoms with Crippen molar-refractivity contribution in [2.75, 3.05) is 50.3 Å². The van der Waals surface area contributed by atoms with E-state index in [4.69, 9.17) is 5.11 Å². The molecule has 4 rings (SSSR count). The highest BCUT2D eigenvalue weighted by Crippen LogP contribution is 2.35. The first kappa shape index (κ1) is 27.5. The van der Waals surface area contributed by atoms with Crippen molar-refractivity contribution in [1.29, 1.82) is 0 Å². The first-order valence-electron chi connectivity index (χ1n) is 12.0. The van der Waals surface area contributed by atoms with Gasteiger partial charge in [-0.25, -0.2) is 14.8 Å². The standard InChI is InChI=1S/C23H29N6O8P/c30-16-6-7-29(13-16)19-12-17(24-20(26-19)15-4-2-1-3-5-15)21(31)25-18(14-38(35,36)37)22(32)27-8-10-28(11-9-27)23(33)34/h1-5,12,16,18,30H,6-11,13-14H2,(H,25,31)(H,33,34)(H2,35,36,37)/t16?,18-/m0/s1. The fraction of sp³-hybridized carbons (Fsp3) is 0.435. The van der Waals surface area contributed by atoms with E-state index < -0.39 is 43.8 Å². The predicted molar refractivity (Wildman–Crippen MR) is 135 cm³/mol. The van der Waals surface area contributed by atoms with Crippen molar-refractivity contribution in [2.24, 2.45) is 0 Å². The molecular formula is C23H29N6O8P. The lowest BCUT2D eigenvalue weighted by atomic mass is 10.2. The predicted octanol–water partition coefficient (Wildman–Crippen LogP) is -0.187. The number of aromatic nitrogens is 2. The Balaban J connectivity index is 1.60. The highest BCUT2D eigenvalue weighted by atomic mass is 31.2. The SMILES string of the molecule is O=C(N[C@@H](CP(=O)(O)O)C(=O)N1CCN(C(=O)O)CC1)c1cc(N2CCC(O)C2)nc(-c2ccccc2)n1. The smallest absolute Gasteiger partial charge is 0.407 e. The lowest BCUT2D eigenvalue weighted by Gasteiger charge is -2.35. The molecule has 2 atom stereocenters. The molecular weight excluding hydrogens is 519 g/mol. The van der Waals surface area contributed by atoms with Gasteiger partial charge in [0.25, 0.3) is 5.91 Å². The van der Waals surface area contributed by atoms with Gasteiger partial charge in [0.2, 0.25) is 5.91 Å². The summed E-state index contributed by atoms with van der Waals surface area (Å²) < 4.78 is 11.8. The molecule has 0 bridgehead atoms. The number of carbonyl (C=O) groups is 3. The molecule has 2 aliphatic heterocycles. The Labute approximate surface area is 218 Å². The number of amides is 3. The summed E-state index contributed by atoms with van der Waals surface area (Å²) in [6.45, 7) is 0.935. The van der Waals surface area contributed by atoms with Crippen LogP contribution < -0.4 is 10.2 Å². The summed E-state index contributed by atoms with van der Waals surface area (Å²) in [5, 5.41) is 21.5. The molecule has 0 radical (unpaired) electrons. The van der Waals surface area contributed by atoms with Gasteiger partial charge in [0.05, 0.1) is 12.3 Å². The molecule has 14 nitrogen and oxygen atoms in total. The highest BCUT2D eigenvalue weighted by molar-refractivity contribution is 7.51. The number of hydrogen-bond donors (Lipinski definition) is 5. The number of β-amino-alcohol motifs (C(OH)–C–C–N with tert-alkyl or cyclic N) is 1. The molecule has 5 N–H and O–H groups in total. The van der Waals surface area contributed by atoms with Crippen molar-refractivity contribution in [3.63, 3.8) is 0 Å². The van der Waals surface area contributed by atoms with Gasteiger partial charge in [-0.2, -0.15) is 0 Å². The van der Waals surface area contributed by atoms with Crippen LogP contribution in [0.3, 0.4) is 0 Å². The molecule has 1 unspecified atom stereocenters. The lowest BCUT2D eigenvalue weighted by molar-refractivity contribution is -0.134. The second-order valence-corrected chi connectivity index (χ2v) is 10.9. The van der Waals surface area contributed by atoms with Gasteiger partial charge in [0, 0.05) is 50.9 Å². The Morgan fingerprint density at radius 2 is 1.68 bits per heavy atom. The third kappa shape index (κ3) is 6.84. The molecule has 1 aromatic carbocycles. The average Bonchev–Trinajstić information content (AvgIpc) is 3.33. The van der Waals surface area contributed by atoms with Crippen LogP contribution in [0.5, 0.6) is 0 Å². The average molecular weight is 548 g/mol. The number of anilines is 1. The molecule has 0 spiro atoms. The van der Waals surface area contributed by atoms with E-state index in [-0.39, 0.29) is 37.7 Å². The summed E-state index contributed by atoms with van der Waals surface area (Å²) in [6.07, 6.45) is -2.08. The summed E-state index contributed by atoms with van der Waals surface area (Å²) >= 11 is 0. The summed E-state index contributed by atoms with van der Waals surface area (Å²) in [5.74, 6) is -0.936. The van der Waals surface area contributed by atoms with E-state index in [0.717, 1.165) is 4.90 Å². The van der Waals surface area contributed by atoms with E-state index in [0.29, 0.717) is 30.9 Å². The van der Waals surface area contributed by atoms with Crippen LogP contribution in [-0.2, 0) is 9.36 Å². The topological polar surface area (TPSA) is 197 Å². The third-order valence-electron chi connectivity index (χ3n) is 6.35. The van der Waals surface area contributed by atoms with Crippen LogP contribution >= 0.6 is 7.60 Å². The first-order chi connectivity index (χ1) is 18.0. The van der Waals surface area contributed by atoms with E-state index in [1.54, 1.807) is 29.2 Å². The number of nitrogens with zero attached hydrogens (tertiary/aromatic N) is 5. The van der Waals surface area contributed by atoms with Gasteiger partial charge in [0.15, 0.2) is 5.82 Å². The third-order valence-corrected chi connectivity index (χ3v) is 7.19. The molecule has 2 fully saturated rings. The van der Waals surface area contributed by atoms with E-state index in [1.807, 2.05) is 6.07 Å². The van der Waals surface area contributed by atoms with Gasteiger partial charge in [-0.05, 0) is 6.42 Å². The van der Waals surface area contributed by atoms with Crippen LogP contribution in [0.15, 0.2) is 36.4 Å². The fourth-order valence-corrected chi connectivity index (χ4v) is 5.10. The quantitative estimate of drug-likeness (QED) is 0.288. The van der Waals surface area contributed by atoms with Gasteiger partial charge < -0.3 is 40.0 Å². The number of carboxylic acid groups (broad SMARTS) is 1. The fourth-order valence-electron chi connectivity index (χ4n) is 4.37. The molecule has 1 aromatic heterocycles. The maximum atomic E-state index is 13.3. The lowest BCUT2D eigenvalue weighted by Crippen LogP contribution is -2.56. The van der Waals surface area contributed by atoms with Crippen LogP contribution in [0.4, 0.5) is 10.6 Å². The Bertz CT molecular complexity index is 1230. The highest BCUT2D eigenvalue weighted by Gasteiger charge is 2.35. The monoisotopic (exact) mass is 548 g/mol. The van der Waals surface area contributed by atoms with Gasteiger partial charge in [-0.15, -0.1) is 0 Å². The zero-order chi connectivity index (χ0) is 27.4. The molecule has 38 heavy (non-hydrogen) atoms. The largest absolute Gasteiger partial charge is 0.465 e. The minimum absolute atomic E-state index is 0.0196. The first-order valence-corrected chi connectivity index (χ1v) is 13.8. The van der Waals surface area contributed by atoms with Crippen LogP contribution in [-0.4, -0.2) is 115 Å². The van der Waals surface area contributed by atoms with Crippen LogP contribution in [0.1, 0.15) is 16.9 Å². The second-order valence-electron chi connectivity index (χ2n) is 9.16. The number of benzene rings is 1. The van der Waals surface area contributed by atoms with Crippen LogP contribution in [0, 0.1) is 0 Å².